The Balaban J connectivity index is 1.67. The normalized spacial score (nSPS) is 18.2. The summed E-state index contributed by atoms with van der Waals surface area (Å²) in [6.07, 6.45) is 1.65. The molecule has 0 saturated heterocycles. The SMILES string of the molecule is COC(=O)C1=C(N)OC2=C(C(=O)CCC2)[C@H]1c1ccc(OCc2ccc(I)cc2)c(Cl)c1. The van der Waals surface area contributed by atoms with Crippen molar-refractivity contribution in [2.24, 2.45) is 5.73 Å². The third-order valence-corrected chi connectivity index (χ3v) is 6.50. The number of hydrogen-bond acceptors (Lipinski definition) is 6. The third-order valence-electron chi connectivity index (χ3n) is 5.49. The van der Waals surface area contributed by atoms with Gasteiger partial charge in [0.25, 0.3) is 0 Å². The largest absolute Gasteiger partial charge is 0.487 e. The first kappa shape index (κ1) is 22.7. The van der Waals surface area contributed by atoms with E-state index >= 15 is 0 Å². The second-order valence-electron chi connectivity index (χ2n) is 7.52. The lowest BCUT2D eigenvalue weighted by atomic mass is 9.77. The highest BCUT2D eigenvalue weighted by molar-refractivity contribution is 14.1. The maximum atomic E-state index is 12.8. The maximum absolute atomic E-state index is 12.8. The average molecular weight is 566 g/mol. The Hall–Kier alpha value is -2.52. The first-order valence-electron chi connectivity index (χ1n) is 10.1. The molecule has 2 aromatic rings. The lowest BCUT2D eigenvalue weighted by Gasteiger charge is -2.32. The zero-order valence-corrected chi connectivity index (χ0v) is 20.2. The number of nitrogens with two attached hydrogens (primary N) is 1. The minimum Gasteiger partial charge on any atom is -0.487 e. The van der Waals surface area contributed by atoms with Gasteiger partial charge in [-0.3, -0.25) is 4.79 Å². The smallest absolute Gasteiger partial charge is 0.340 e. The summed E-state index contributed by atoms with van der Waals surface area (Å²) >= 11 is 8.77. The molecule has 6 nitrogen and oxygen atoms in total. The highest BCUT2D eigenvalue weighted by atomic mass is 127. The van der Waals surface area contributed by atoms with Crippen LogP contribution < -0.4 is 10.5 Å². The minimum absolute atomic E-state index is 0.0505. The summed E-state index contributed by atoms with van der Waals surface area (Å²) in [5.74, 6) is -0.464. The topological polar surface area (TPSA) is 87.9 Å². The molecule has 0 unspecified atom stereocenters. The molecular weight excluding hydrogens is 545 g/mol. The van der Waals surface area contributed by atoms with Crippen LogP contribution in [0.25, 0.3) is 0 Å². The molecule has 0 bridgehead atoms. The van der Waals surface area contributed by atoms with Gasteiger partial charge in [0, 0.05) is 22.0 Å². The van der Waals surface area contributed by atoms with E-state index in [0.717, 1.165) is 9.13 Å². The van der Waals surface area contributed by atoms with E-state index in [9.17, 15) is 9.59 Å². The fraction of sp³-hybridized carbons (Fsp3) is 0.250. The molecule has 0 radical (unpaired) electrons. The molecule has 2 aromatic carbocycles. The quantitative estimate of drug-likeness (QED) is 0.406. The molecule has 1 heterocycles. The fourth-order valence-corrected chi connectivity index (χ4v) is 4.56. The van der Waals surface area contributed by atoms with Crippen molar-refractivity contribution in [2.75, 3.05) is 7.11 Å². The number of ketones is 1. The maximum Gasteiger partial charge on any atom is 0.340 e. The van der Waals surface area contributed by atoms with Crippen LogP contribution in [0.15, 0.2) is 65.3 Å². The van der Waals surface area contributed by atoms with E-state index in [4.69, 9.17) is 31.5 Å². The molecular formula is C24H21ClINO5. The van der Waals surface area contributed by atoms with Crippen LogP contribution in [-0.2, 0) is 25.7 Å². The number of allylic oxidation sites excluding steroid dienone is 2. The average Bonchev–Trinajstić information content (AvgIpc) is 2.78. The van der Waals surface area contributed by atoms with E-state index in [0.29, 0.717) is 53.5 Å². The number of carbonyl (C=O) groups excluding carboxylic acids is 2. The van der Waals surface area contributed by atoms with Gasteiger partial charge in [-0.1, -0.05) is 29.8 Å². The predicted molar refractivity (Wildman–Crippen MR) is 128 cm³/mol. The molecule has 4 rings (SSSR count). The molecule has 0 saturated carbocycles. The standard InChI is InChI=1S/C24H21ClINO5/c1-30-24(29)22-20(21-17(28)3-2-4-19(21)32-23(22)27)14-7-10-18(16(25)11-14)31-12-13-5-8-15(26)9-6-13/h5-11,20H,2-4,12,27H2,1H3/t20-/m1/s1. The Bertz CT molecular complexity index is 1140. The Morgan fingerprint density at radius 3 is 2.66 bits per heavy atom. The molecule has 0 spiro atoms. The molecule has 0 amide bonds. The van der Waals surface area contributed by atoms with Crippen molar-refractivity contribution in [3.8, 4) is 5.75 Å². The van der Waals surface area contributed by atoms with Crippen LogP contribution in [0, 0.1) is 3.57 Å². The second kappa shape index (κ2) is 9.54. The molecule has 32 heavy (non-hydrogen) atoms. The number of halogens is 2. The molecule has 2 N–H and O–H groups in total. The highest BCUT2D eigenvalue weighted by Crippen LogP contribution is 2.45. The molecule has 166 valence electrons. The van der Waals surface area contributed by atoms with Gasteiger partial charge in [-0.2, -0.15) is 0 Å². The number of rotatable bonds is 5. The number of carbonyl (C=O) groups is 2. The van der Waals surface area contributed by atoms with E-state index in [2.05, 4.69) is 22.6 Å². The zero-order valence-electron chi connectivity index (χ0n) is 17.3. The van der Waals surface area contributed by atoms with E-state index < -0.39 is 11.9 Å². The van der Waals surface area contributed by atoms with Crippen molar-refractivity contribution in [1.82, 2.24) is 0 Å². The van der Waals surface area contributed by atoms with Gasteiger partial charge in [-0.15, -0.1) is 0 Å². The van der Waals surface area contributed by atoms with Crippen LogP contribution in [0.5, 0.6) is 5.75 Å². The Morgan fingerprint density at radius 2 is 1.97 bits per heavy atom. The second-order valence-corrected chi connectivity index (χ2v) is 9.18. The molecule has 0 aromatic heterocycles. The van der Waals surface area contributed by atoms with Crippen LogP contribution in [0.4, 0.5) is 0 Å². The molecule has 0 fully saturated rings. The number of benzene rings is 2. The van der Waals surface area contributed by atoms with Crippen LogP contribution in [-0.4, -0.2) is 18.9 Å². The first-order chi connectivity index (χ1) is 15.4. The van der Waals surface area contributed by atoms with Crippen molar-refractivity contribution < 1.29 is 23.8 Å². The van der Waals surface area contributed by atoms with Gasteiger partial charge in [-0.25, -0.2) is 4.79 Å². The number of esters is 1. The predicted octanol–water partition coefficient (Wildman–Crippen LogP) is 4.99. The van der Waals surface area contributed by atoms with Crippen molar-refractivity contribution in [3.63, 3.8) is 0 Å². The Kier molecular flexibility index (Phi) is 6.76. The van der Waals surface area contributed by atoms with Crippen molar-refractivity contribution >= 4 is 45.9 Å². The summed E-state index contributed by atoms with van der Waals surface area (Å²) in [5, 5.41) is 0.368. The highest BCUT2D eigenvalue weighted by Gasteiger charge is 2.41. The monoisotopic (exact) mass is 565 g/mol. The van der Waals surface area contributed by atoms with Gasteiger partial charge in [0.05, 0.1) is 18.1 Å². The Labute approximate surface area is 204 Å². The summed E-state index contributed by atoms with van der Waals surface area (Å²) in [5.41, 5.74) is 8.28. The van der Waals surface area contributed by atoms with E-state index in [-0.39, 0.29) is 17.2 Å². The summed E-state index contributed by atoms with van der Waals surface area (Å²) < 4.78 is 17.6. The van der Waals surface area contributed by atoms with Crippen LogP contribution in [0.1, 0.15) is 36.3 Å². The van der Waals surface area contributed by atoms with Gasteiger partial charge < -0.3 is 19.9 Å². The van der Waals surface area contributed by atoms with Gasteiger partial charge in [0.1, 0.15) is 23.7 Å². The van der Waals surface area contributed by atoms with E-state index in [1.54, 1.807) is 18.2 Å². The molecule has 1 atom stereocenters. The molecule has 1 aliphatic heterocycles. The lowest BCUT2D eigenvalue weighted by molar-refractivity contribution is -0.136. The van der Waals surface area contributed by atoms with Gasteiger partial charge in [-0.05, 0) is 64.4 Å². The minimum atomic E-state index is -0.707. The first-order valence-corrected chi connectivity index (χ1v) is 11.5. The van der Waals surface area contributed by atoms with Crippen molar-refractivity contribution in [3.05, 3.63) is 85.0 Å². The zero-order chi connectivity index (χ0) is 22.8. The summed E-state index contributed by atoms with van der Waals surface area (Å²) in [4.78, 5) is 25.3. The van der Waals surface area contributed by atoms with Gasteiger partial charge in [0.2, 0.25) is 5.88 Å². The number of Topliss-reactive ketones (excluding diaryl/α,β-unsaturated/α-hetero) is 1. The van der Waals surface area contributed by atoms with Crippen molar-refractivity contribution in [1.29, 1.82) is 0 Å². The molecule has 8 heteroatoms. The third kappa shape index (κ3) is 4.49. The van der Waals surface area contributed by atoms with E-state index in [1.165, 1.54) is 7.11 Å². The summed E-state index contributed by atoms with van der Waals surface area (Å²) in [6.45, 7) is 0.362. The Morgan fingerprint density at radius 1 is 1.22 bits per heavy atom. The summed E-state index contributed by atoms with van der Waals surface area (Å²) in [6, 6.07) is 13.2. The molecule has 1 aliphatic carbocycles. The number of hydrogen-bond donors (Lipinski definition) is 1. The van der Waals surface area contributed by atoms with E-state index in [1.807, 2.05) is 24.3 Å². The van der Waals surface area contributed by atoms with Crippen LogP contribution in [0.2, 0.25) is 5.02 Å². The van der Waals surface area contributed by atoms with Crippen LogP contribution in [0.3, 0.4) is 0 Å². The van der Waals surface area contributed by atoms with Gasteiger partial charge in [0.15, 0.2) is 5.78 Å². The number of ether oxygens (including phenoxy) is 3. The van der Waals surface area contributed by atoms with Crippen molar-refractivity contribution in [2.45, 2.75) is 31.8 Å². The van der Waals surface area contributed by atoms with Gasteiger partial charge >= 0.3 is 5.97 Å². The van der Waals surface area contributed by atoms with Crippen LogP contribution >= 0.6 is 34.2 Å². The lowest BCUT2D eigenvalue weighted by Crippen LogP contribution is -2.31. The fourth-order valence-electron chi connectivity index (χ4n) is 3.95. The summed E-state index contributed by atoms with van der Waals surface area (Å²) in [7, 11) is 1.26. The molecule has 2 aliphatic rings. The number of methoxy groups -OCH3 is 1.